The number of rotatable bonds is 43. The van der Waals surface area contributed by atoms with Gasteiger partial charge in [0.25, 0.3) is 0 Å². The average Bonchev–Trinajstić information content (AvgIpc) is 1.61. The Morgan fingerprint density at radius 2 is 1.30 bits per heavy atom. The van der Waals surface area contributed by atoms with E-state index in [9.17, 15) is 63.3 Å². The van der Waals surface area contributed by atoms with Gasteiger partial charge in [-0.15, -0.1) is 0 Å². The lowest BCUT2D eigenvalue weighted by atomic mass is 9.85. The molecule has 6 rings (SSSR count). The molecule has 12 atom stereocenters. The number of aromatic nitrogens is 1. The monoisotopic (exact) mass is 1600 g/mol. The number of carbonyl (C=O) groups excluding carboxylic acids is 11. The van der Waals surface area contributed by atoms with Crippen LogP contribution in [-0.2, 0) is 118 Å². The van der Waals surface area contributed by atoms with Crippen molar-refractivity contribution in [2.75, 3.05) is 177 Å². The standard InChI is InChI=1S/C71H112N12O25S2/c1-6-43(2)51-32-48(85)35-75-65(92)46-30-52-50-7-8-59(99-5)53(41-109-28-27-108-26-25-107-24-23-106-22-21-105-20-19-104-18-17-103-16-15-102-14-13-101-12-11-100-10-9-81(74)37-47(72)38-83-62(91)29-44(3)70(83)96)64(50)80-69(52)110(98)42-55(77-61(90)36-76-66(51)93)67(94)78-54(34-60(73)89)71(97)82-39-49(86)33-56(82)68(95)79-63(57(87)31-46)45(4)58(88)40-84/h7-8,37,43-46,49,51,54-56,58,63,80,84,86,88H,6,9-36,38-42,72,74H2,1-5H3,(H2,73,89)(H,75,92)(H,76,93)(H,77,90)(H,78,94)(H,79,95)/b47-37-/t43-,44?,45-,46+,49+,51-,54-,55+,56-,58-,63-,110?/m0/s1. The third kappa shape index (κ3) is 29.6. The number of benzene rings is 1. The number of nitrogens with one attached hydrogen (secondary N) is 6. The van der Waals surface area contributed by atoms with E-state index >= 15 is 9.00 Å². The lowest BCUT2D eigenvalue weighted by Gasteiger charge is -2.32. The summed E-state index contributed by atoms with van der Waals surface area (Å²) in [6, 6.07) is -3.67. The molecule has 618 valence electrons. The Balaban J connectivity index is 0.981. The minimum absolute atomic E-state index is 0.00448. The lowest BCUT2D eigenvalue weighted by molar-refractivity contribution is -0.144. The van der Waals surface area contributed by atoms with E-state index in [1.165, 1.54) is 37.0 Å². The lowest BCUT2D eigenvalue weighted by Crippen LogP contribution is -2.60. The molecule has 1 aromatic heterocycles. The number of imide groups is 1. The minimum atomic E-state index is -2.41. The number of likely N-dealkylation sites (tertiary alicyclic amines) is 1. The van der Waals surface area contributed by atoms with Crippen molar-refractivity contribution < 1.29 is 120 Å². The zero-order valence-corrected chi connectivity index (χ0v) is 65.0. The fourth-order valence-electron chi connectivity index (χ4n) is 12.5. The molecule has 2 saturated heterocycles. The van der Waals surface area contributed by atoms with Gasteiger partial charge in [-0.1, -0.05) is 34.1 Å². The molecule has 37 nitrogen and oxygen atoms in total. The molecule has 15 N–H and O–H groups in total. The predicted octanol–water partition coefficient (Wildman–Crippen LogP) is -3.68. The van der Waals surface area contributed by atoms with Crippen LogP contribution in [0.3, 0.4) is 0 Å². The molecule has 2 aromatic rings. The van der Waals surface area contributed by atoms with Gasteiger partial charge in [0.15, 0.2) is 11.6 Å². The van der Waals surface area contributed by atoms with Crippen LogP contribution in [0.5, 0.6) is 5.75 Å². The molecular weight excluding hydrogens is 1480 g/mol. The highest BCUT2D eigenvalue weighted by Gasteiger charge is 2.46. The first-order valence-corrected chi connectivity index (χ1v) is 39.5. The van der Waals surface area contributed by atoms with Gasteiger partial charge in [0, 0.05) is 90.3 Å². The fourth-order valence-corrected chi connectivity index (χ4v) is 14.8. The first kappa shape index (κ1) is 91.5. The zero-order chi connectivity index (χ0) is 80.2. The maximum Gasteiger partial charge on any atom is 0.246 e. The second-order valence-electron chi connectivity index (χ2n) is 27.1. The normalized spacial score (nSPS) is 23.3. The predicted molar refractivity (Wildman–Crippen MR) is 397 cm³/mol. The Labute approximate surface area is 645 Å². The number of H-pyrrole nitrogens is 1. The van der Waals surface area contributed by atoms with Gasteiger partial charge in [0.2, 0.25) is 53.2 Å². The number of aromatic amines is 1. The minimum Gasteiger partial charge on any atom is -0.496 e. The van der Waals surface area contributed by atoms with E-state index in [4.69, 9.17) is 64.7 Å². The van der Waals surface area contributed by atoms with Crippen LogP contribution in [0.15, 0.2) is 29.1 Å². The van der Waals surface area contributed by atoms with Gasteiger partial charge in [-0.2, -0.15) is 11.8 Å². The third-order valence-corrected chi connectivity index (χ3v) is 21.3. The Hall–Kier alpha value is -7.35. The second-order valence-corrected chi connectivity index (χ2v) is 29.7. The van der Waals surface area contributed by atoms with E-state index in [1.54, 1.807) is 32.9 Å². The molecule has 39 heteroatoms. The molecule has 0 saturated carbocycles. The molecule has 9 amide bonds. The van der Waals surface area contributed by atoms with Gasteiger partial charge in [0.05, 0.1) is 206 Å². The van der Waals surface area contributed by atoms with Gasteiger partial charge in [0.1, 0.15) is 28.9 Å². The van der Waals surface area contributed by atoms with Crippen molar-refractivity contribution in [3.63, 3.8) is 0 Å². The Kier molecular flexibility index (Phi) is 40.4. The van der Waals surface area contributed by atoms with E-state index in [0.717, 1.165) is 9.80 Å². The largest absolute Gasteiger partial charge is 0.496 e. The molecule has 0 aliphatic carbocycles. The molecule has 0 spiro atoms. The van der Waals surface area contributed by atoms with Crippen molar-refractivity contribution >= 4 is 98.2 Å². The number of hydrogen-bond donors (Lipinski definition) is 12. The summed E-state index contributed by atoms with van der Waals surface area (Å²) in [7, 11) is -0.966. The number of Topliss-reactive ketones (excluding diaryl/α,β-unsaturated/α-hetero) is 2. The van der Waals surface area contributed by atoms with Crippen molar-refractivity contribution in [1.29, 1.82) is 0 Å². The molecule has 110 heavy (non-hydrogen) atoms. The first-order valence-electron chi connectivity index (χ1n) is 37.0. The van der Waals surface area contributed by atoms with E-state index in [1.807, 2.05) is 0 Å². The number of aliphatic hydroxyl groups excluding tert-OH is 3. The summed E-state index contributed by atoms with van der Waals surface area (Å²) in [5.74, 6) is -7.09. The van der Waals surface area contributed by atoms with Crippen LogP contribution in [0.4, 0.5) is 0 Å². The van der Waals surface area contributed by atoms with Crippen molar-refractivity contribution in [2.45, 2.75) is 120 Å². The van der Waals surface area contributed by atoms with E-state index < -0.39 is 181 Å². The number of nitrogens with zero attached hydrogens (tertiary/aromatic N) is 3. The van der Waals surface area contributed by atoms with Crippen LogP contribution in [0, 0.1) is 29.6 Å². The number of methoxy groups -OCH3 is 1. The number of ketones is 2. The molecule has 4 aliphatic rings. The number of ether oxygens (including phenoxy) is 10. The van der Waals surface area contributed by atoms with Gasteiger partial charge in [-0.25, -0.2) is 5.84 Å². The number of aliphatic hydroxyl groups is 3. The maximum atomic E-state index is 15.4. The molecule has 2 fully saturated rings. The summed E-state index contributed by atoms with van der Waals surface area (Å²) < 4.78 is 71.6. The van der Waals surface area contributed by atoms with Crippen LogP contribution in [0.1, 0.15) is 77.3 Å². The molecular formula is C71H112N12O25S2. The molecule has 4 aliphatic heterocycles. The maximum absolute atomic E-state index is 15.4. The SMILES string of the molecule is CC[C@H](C)[C@@H]1CC(=O)CNC(=O)[C@H]2CC(=O)[C@H]([C@@H](C)[C@@H](O)CO)NC(=O)[C@@H]3C[C@@H](O)CN3C(=O)[C@H](CC(N)=O)NC(=O)[C@@H](CS(=O)c3[nH]c4c(CSCCOCCOCCOCCOCCOCCOCCOCCOCCOCCN(N)/C=C(\N)CN5C(=O)CC(C)C5=O)c(OC)ccc4c3C2)NC(=O)CNC1=O. The number of nitrogens with two attached hydrogens (primary N) is 3. The van der Waals surface area contributed by atoms with Crippen LogP contribution in [0.25, 0.3) is 10.9 Å². The van der Waals surface area contributed by atoms with Gasteiger partial charge < -0.3 is 116 Å². The van der Waals surface area contributed by atoms with E-state index in [-0.39, 0.29) is 72.4 Å². The molecule has 2 unspecified atom stereocenters. The number of amides is 9. The molecule has 5 heterocycles. The highest BCUT2D eigenvalue weighted by Crippen LogP contribution is 2.37. The number of hydrazine groups is 1. The van der Waals surface area contributed by atoms with Crippen molar-refractivity contribution in [3.8, 4) is 5.75 Å². The highest BCUT2D eigenvalue weighted by atomic mass is 32.2. The zero-order valence-electron chi connectivity index (χ0n) is 63.3. The van der Waals surface area contributed by atoms with Crippen molar-refractivity contribution in [2.24, 2.45) is 46.9 Å². The molecule has 2 bridgehead atoms. The van der Waals surface area contributed by atoms with E-state index in [0.29, 0.717) is 147 Å². The average molecular weight is 1600 g/mol. The number of thioether (sulfide) groups is 1. The first-order chi connectivity index (χ1) is 52.8. The summed E-state index contributed by atoms with van der Waals surface area (Å²) in [6.07, 6.45) is -3.73. The fraction of sp³-hybridized carbons (Fsp3) is 0.704. The summed E-state index contributed by atoms with van der Waals surface area (Å²) >= 11 is 1.45. The summed E-state index contributed by atoms with van der Waals surface area (Å²) in [5.41, 5.74) is 13.0. The Morgan fingerprint density at radius 1 is 0.727 bits per heavy atom. The molecule has 0 radical (unpaired) electrons. The number of carbonyl (C=O) groups is 11. The van der Waals surface area contributed by atoms with Gasteiger partial charge in [-0.3, -0.25) is 61.8 Å². The van der Waals surface area contributed by atoms with Gasteiger partial charge >= 0.3 is 0 Å². The smallest absolute Gasteiger partial charge is 0.246 e. The van der Waals surface area contributed by atoms with Crippen molar-refractivity contribution in [1.82, 2.24) is 46.4 Å². The van der Waals surface area contributed by atoms with Crippen LogP contribution < -0.4 is 48.6 Å². The van der Waals surface area contributed by atoms with Crippen LogP contribution in [-0.4, -0.2) is 317 Å². The number of hydrogen-bond acceptors (Lipinski definition) is 29. The van der Waals surface area contributed by atoms with Crippen LogP contribution >= 0.6 is 11.8 Å². The molecule has 1 aromatic carbocycles. The Bertz CT molecular complexity index is 3430. The van der Waals surface area contributed by atoms with Gasteiger partial charge in [-0.05, 0) is 30.0 Å². The second kappa shape index (κ2) is 48.5. The summed E-state index contributed by atoms with van der Waals surface area (Å²) in [6.45, 7) is 10.5. The van der Waals surface area contributed by atoms with Crippen molar-refractivity contribution in [3.05, 3.63) is 35.2 Å². The Morgan fingerprint density at radius 3 is 1.85 bits per heavy atom. The quantitative estimate of drug-likeness (QED) is 0.0132. The number of primary amides is 1. The van der Waals surface area contributed by atoms with Crippen LogP contribution in [0.2, 0.25) is 0 Å². The van der Waals surface area contributed by atoms with E-state index in [2.05, 4.69) is 31.6 Å². The summed E-state index contributed by atoms with van der Waals surface area (Å²) in [4.78, 5) is 157. The number of fused-ring (bicyclic) bond motifs is 5. The third-order valence-electron chi connectivity index (χ3n) is 18.9. The summed E-state index contributed by atoms with van der Waals surface area (Å²) in [5, 5.41) is 46.4. The highest BCUT2D eigenvalue weighted by molar-refractivity contribution is 7.98. The topological polar surface area (TPSA) is 522 Å².